The van der Waals surface area contributed by atoms with Gasteiger partial charge in [0, 0.05) is 30.4 Å². The molecule has 0 aliphatic heterocycles. The Morgan fingerprint density at radius 2 is 1.70 bits per heavy atom. The molecule has 0 saturated heterocycles. The fourth-order valence-corrected chi connectivity index (χ4v) is 6.61. The number of benzene rings is 2. The summed E-state index contributed by atoms with van der Waals surface area (Å²) in [6.45, 7) is 6.08. The number of nitrogens with zero attached hydrogens (tertiary/aromatic N) is 1. The average molecular weight is 613 g/mol. The first-order valence-corrected chi connectivity index (χ1v) is 16.9. The Labute approximate surface area is 238 Å². The van der Waals surface area contributed by atoms with Crippen LogP contribution in [0, 0.1) is 0 Å². The van der Waals surface area contributed by atoms with E-state index in [4.69, 9.17) is 23.3 Å². The van der Waals surface area contributed by atoms with Gasteiger partial charge in [0.15, 0.2) is 15.0 Å². The van der Waals surface area contributed by atoms with E-state index in [2.05, 4.69) is 10.3 Å². The first kappa shape index (κ1) is 31.7. The number of amides is 1. The summed E-state index contributed by atoms with van der Waals surface area (Å²) in [7, 11) is -5.14. The molecule has 14 heteroatoms. The normalized spacial score (nSPS) is 12.6. The van der Waals surface area contributed by atoms with Gasteiger partial charge >= 0.3 is 7.60 Å². The van der Waals surface area contributed by atoms with Gasteiger partial charge in [0.25, 0.3) is 5.91 Å². The van der Waals surface area contributed by atoms with Crippen LogP contribution in [0.25, 0.3) is 0 Å². The highest BCUT2D eigenvalue weighted by molar-refractivity contribution is 7.90. The minimum atomic E-state index is -3.36. The van der Waals surface area contributed by atoms with Crippen LogP contribution < -0.4 is 14.8 Å². The summed E-state index contributed by atoms with van der Waals surface area (Å²) in [5.41, 5.74) is 0.702. The smallest absolute Gasteiger partial charge is 0.336 e. The molecule has 3 aromatic rings. The second-order valence-corrected chi connectivity index (χ2v) is 13.6. The maximum atomic E-state index is 13.2. The molecule has 0 bridgehead atoms. The molecule has 0 fully saturated rings. The number of carbonyl (C=O) groups is 1. The van der Waals surface area contributed by atoms with Gasteiger partial charge in [0.2, 0.25) is 0 Å². The van der Waals surface area contributed by atoms with Crippen LogP contribution in [0.3, 0.4) is 0 Å². The lowest BCUT2D eigenvalue weighted by atomic mass is 10.2. The first-order chi connectivity index (χ1) is 18.9. The summed E-state index contributed by atoms with van der Waals surface area (Å²) in [4.78, 5) is 17.7. The molecule has 218 valence electrons. The van der Waals surface area contributed by atoms with Crippen molar-refractivity contribution in [2.45, 2.75) is 37.9 Å². The molecule has 40 heavy (non-hydrogen) atoms. The molecule has 1 N–H and O–H groups in total. The highest BCUT2D eigenvalue weighted by Gasteiger charge is 2.26. The van der Waals surface area contributed by atoms with E-state index >= 15 is 0 Å². The number of methoxy groups -OCH3 is 1. The van der Waals surface area contributed by atoms with Gasteiger partial charge in [-0.3, -0.25) is 14.7 Å². The number of thiazole rings is 1. The van der Waals surface area contributed by atoms with Crippen molar-refractivity contribution in [3.63, 3.8) is 0 Å². The van der Waals surface area contributed by atoms with E-state index in [1.165, 1.54) is 41.7 Å². The monoisotopic (exact) mass is 612 g/mol. The van der Waals surface area contributed by atoms with Gasteiger partial charge in [0.1, 0.15) is 23.4 Å². The van der Waals surface area contributed by atoms with Crippen molar-refractivity contribution in [3.05, 3.63) is 59.1 Å². The minimum Gasteiger partial charge on any atom is -0.488 e. The van der Waals surface area contributed by atoms with Crippen LogP contribution >= 0.6 is 18.9 Å². The van der Waals surface area contributed by atoms with Crippen molar-refractivity contribution in [2.75, 3.05) is 38.5 Å². The standard InChI is InChI=1S/C26H33N2O9PS2/c1-6-34-38(30,35-7-2)16-20-17-39-26(27-20)28-25(29)19-12-22(36-18(3)15-33-4)14-23(13-19)37-21-8-10-24(11-9-21)40(5,31)32/h8-14,17-18H,6-7,15-16H2,1-5H3,(H,27,28,29)/t18-/m0/s1. The molecular formula is C26H33N2O9PS2. The van der Waals surface area contributed by atoms with E-state index in [0.717, 1.165) is 6.26 Å². The van der Waals surface area contributed by atoms with Crippen LogP contribution in [0.4, 0.5) is 5.13 Å². The van der Waals surface area contributed by atoms with Crippen molar-refractivity contribution >= 4 is 39.8 Å². The van der Waals surface area contributed by atoms with Crippen LogP contribution in [-0.2, 0) is 34.3 Å². The van der Waals surface area contributed by atoms with Gasteiger partial charge < -0.3 is 23.3 Å². The van der Waals surface area contributed by atoms with E-state index in [1.54, 1.807) is 38.5 Å². The van der Waals surface area contributed by atoms with E-state index < -0.39 is 23.3 Å². The zero-order valence-corrected chi connectivity index (χ0v) is 25.4. The number of aromatic nitrogens is 1. The molecule has 1 atom stereocenters. The lowest BCUT2D eigenvalue weighted by Gasteiger charge is -2.16. The third-order valence-corrected chi connectivity index (χ3v) is 9.10. The average Bonchev–Trinajstić information content (AvgIpc) is 3.30. The van der Waals surface area contributed by atoms with Crippen LogP contribution in [0.2, 0.25) is 0 Å². The lowest BCUT2D eigenvalue weighted by Crippen LogP contribution is -2.18. The first-order valence-electron chi connectivity index (χ1n) is 12.4. The third kappa shape index (κ3) is 9.39. The van der Waals surface area contributed by atoms with Gasteiger partial charge in [-0.1, -0.05) is 0 Å². The van der Waals surface area contributed by atoms with Crippen LogP contribution in [-0.4, -0.2) is 58.6 Å². The fourth-order valence-electron chi connectivity index (χ4n) is 3.55. The second kappa shape index (κ2) is 14.2. The Morgan fingerprint density at radius 1 is 1.05 bits per heavy atom. The number of nitrogens with one attached hydrogen (secondary N) is 1. The molecule has 0 unspecified atom stereocenters. The molecule has 1 amide bonds. The van der Waals surface area contributed by atoms with E-state index in [-0.39, 0.29) is 35.9 Å². The van der Waals surface area contributed by atoms with Gasteiger partial charge in [-0.2, -0.15) is 0 Å². The van der Waals surface area contributed by atoms with Gasteiger partial charge in [-0.15, -0.1) is 11.3 Å². The summed E-state index contributed by atoms with van der Waals surface area (Å²) in [6.07, 6.45) is 0.799. The Kier molecular flexibility index (Phi) is 11.3. The van der Waals surface area contributed by atoms with Crippen LogP contribution in [0.15, 0.2) is 52.7 Å². The Hall–Kier alpha value is -2.80. The van der Waals surface area contributed by atoms with Crippen molar-refractivity contribution in [2.24, 2.45) is 0 Å². The number of hydrogen-bond acceptors (Lipinski definition) is 11. The van der Waals surface area contributed by atoms with E-state index in [1.807, 2.05) is 6.92 Å². The summed E-state index contributed by atoms with van der Waals surface area (Å²) in [5.74, 6) is 0.571. The molecule has 1 heterocycles. The summed E-state index contributed by atoms with van der Waals surface area (Å²) in [5, 5.41) is 4.73. The summed E-state index contributed by atoms with van der Waals surface area (Å²) in [6, 6.07) is 10.6. The zero-order chi connectivity index (χ0) is 29.3. The van der Waals surface area contributed by atoms with Gasteiger partial charge in [0.05, 0.1) is 36.6 Å². The van der Waals surface area contributed by atoms with E-state index in [9.17, 15) is 17.8 Å². The van der Waals surface area contributed by atoms with Crippen molar-refractivity contribution in [1.29, 1.82) is 0 Å². The number of hydrogen-bond donors (Lipinski definition) is 1. The molecular weight excluding hydrogens is 579 g/mol. The molecule has 0 saturated carbocycles. The predicted molar refractivity (Wildman–Crippen MR) is 153 cm³/mol. The second-order valence-electron chi connectivity index (χ2n) is 8.63. The van der Waals surface area contributed by atoms with Crippen molar-refractivity contribution < 1.29 is 41.0 Å². The number of rotatable bonds is 15. The maximum Gasteiger partial charge on any atom is 0.336 e. The van der Waals surface area contributed by atoms with Crippen molar-refractivity contribution in [1.82, 2.24) is 4.98 Å². The number of sulfone groups is 1. The Morgan fingerprint density at radius 3 is 2.30 bits per heavy atom. The third-order valence-electron chi connectivity index (χ3n) is 5.15. The Balaban J connectivity index is 1.82. The number of anilines is 1. The van der Waals surface area contributed by atoms with Crippen molar-refractivity contribution in [3.8, 4) is 17.2 Å². The zero-order valence-electron chi connectivity index (χ0n) is 22.9. The highest BCUT2D eigenvalue weighted by atomic mass is 32.2. The summed E-state index contributed by atoms with van der Waals surface area (Å²) >= 11 is 1.18. The molecule has 1 aromatic heterocycles. The lowest BCUT2D eigenvalue weighted by molar-refractivity contribution is 0.0916. The maximum absolute atomic E-state index is 13.2. The molecule has 0 radical (unpaired) electrons. The molecule has 2 aromatic carbocycles. The number of carbonyl (C=O) groups excluding carboxylic acids is 1. The van der Waals surface area contributed by atoms with Crippen LogP contribution in [0.1, 0.15) is 36.8 Å². The summed E-state index contributed by atoms with van der Waals surface area (Å²) < 4.78 is 64.0. The quantitative estimate of drug-likeness (QED) is 0.210. The van der Waals surface area contributed by atoms with Crippen LogP contribution in [0.5, 0.6) is 17.2 Å². The molecule has 11 nitrogen and oxygen atoms in total. The fraction of sp³-hybridized carbons (Fsp3) is 0.385. The van der Waals surface area contributed by atoms with Gasteiger partial charge in [-0.25, -0.2) is 13.4 Å². The molecule has 0 spiro atoms. The minimum absolute atomic E-state index is 0.0160. The van der Waals surface area contributed by atoms with Gasteiger partial charge in [-0.05, 0) is 57.2 Å². The molecule has 0 aliphatic carbocycles. The molecule has 3 rings (SSSR count). The predicted octanol–water partition coefficient (Wildman–Crippen LogP) is 5.77. The topological polar surface area (TPSA) is 139 Å². The largest absolute Gasteiger partial charge is 0.488 e. The van der Waals surface area contributed by atoms with E-state index in [0.29, 0.717) is 34.7 Å². The SMILES string of the molecule is CCOP(=O)(Cc1csc(NC(=O)c2cc(Oc3ccc(S(C)(=O)=O)cc3)cc(O[C@@H](C)COC)c2)n1)OCC. The molecule has 0 aliphatic rings. The Bertz CT molecular complexity index is 1430. The number of ether oxygens (including phenoxy) is 3. The highest BCUT2D eigenvalue weighted by Crippen LogP contribution is 2.51.